The number of carboxylic acid groups (broad SMARTS) is 1. The third-order valence-electron chi connectivity index (χ3n) is 3.13. The highest BCUT2D eigenvalue weighted by Crippen LogP contribution is 2.45. The van der Waals surface area contributed by atoms with E-state index in [9.17, 15) is 13.2 Å². The molecule has 1 rings (SSSR count). The van der Waals surface area contributed by atoms with Crippen molar-refractivity contribution >= 4 is 16.0 Å². The van der Waals surface area contributed by atoms with E-state index in [1.165, 1.54) is 21.1 Å². The first-order chi connectivity index (χ1) is 7.77. The number of methoxy groups -OCH3 is 1. The molecule has 0 radical (unpaired) electrons. The normalized spacial score (nSPS) is 20.2. The molecule has 0 saturated heterocycles. The zero-order chi connectivity index (χ0) is 13.3. The molecular weight excluding hydrogens is 246 g/mol. The molecule has 0 heterocycles. The lowest BCUT2D eigenvalue weighted by molar-refractivity contribution is -0.141. The number of hydrogen-bond acceptors (Lipinski definition) is 4. The van der Waals surface area contributed by atoms with Crippen LogP contribution >= 0.6 is 0 Å². The molecule has 1 unspecified atom stereocenters. The first-order valence-electron chi connectivity index (χ1n) is 5.44. The van der Waals surface area contributed by atoms with E-state index in [1.807, 2.05) is 0 Å². The van der Waals surface area contributed by atoms with E-state index >= 15 is 0 Å². The van der Waals surface area contributed by atoms with Crippen LogP contribution in [0, 0.1) is 5.92 Å². The molecule has 1 saturated carbocycles. The lowest BCUT2D eigenvalue weighted by Gasteiger charge is -2.24. The van der Waals surface area contributed by atoms with Crippen LogP contribution in [0.25, 0.3) is 0 Å². The number of nitrogens with zero attached hydrogens (tertiary/aromatic N) is 1. The van der Waals surface area contributed by atoms with Crippen LogP contribution in [-0.2, 0) is 19.6 Å². The van der Waals surface area contributed by atoms with Gasteiger partial charge >= 0.3 is 5.97 Å². The Morgan fingerprint density at radius 1 is 1.53 bits per heavy atom. The summed E-state index contributed by atoms with van der Waals surface area (Å²) in [4.78, 5) is 10.7. The van der Waals surface area contributed by atoms with Crippen LogP contribution in [0.15, 0.2) is 0 Å². The van der Waals surface area contributed by atoms with Crippen molar-refractivity contribution in [3.05, 3.63) is 0 Å². The van der Waals surface area contributed by atoms with E-state index in [2.05, 4.69) is 0 Å². The van der Waals surface area contributed by atoms with Crippen molar-refractivity contribution in [3.8, 4) is 0 Å². The number of hydrogen-bond donors (Lipinski definition) is 1. The van der Waals surface area contributed by atoms with Crippen LogP contribution in [0.2, 0.25) is 0 Å². The lowest BCUT2D eigenvalue weighted by Crippen LogP contribution is -2.43. The molecule has 17 heavy (non-hydrogen) atoms. The molecule has 0 aromatic heterocycles. The average molecular weight is 265 g/mol. The third-order valence-corrected chi connectivity index (χ3v) is 5.72. The summed E-state index contributed by atoms with van der Waals surface area (Å²) in [7, 11) is -0.584. The van der Waals surface area contributed by atoms with Gasteiger partial charge in [-0.3, -0.25) is 4.79 Å². The molecule has 7 heteroatoms. The fourth-order valence-corrected chi connectivity index (χ4v) is 3.74. The van der Waals surface area contributed by atoms with Crippen LogP contribution in [0.4, 0.5) is 0 Å². The summed E-state index contributed by atoms with van der Waals surface area (Å²) < 4.78 is 29.7. The van der Waals surface area contributed by atoms with Crippen LogP contribution in [0.3, 0.4) is 0 Å². The van der Waals surface area contributed by atoms with Crippen LogP contribution < -0.4 is 0 Å². The van der Waals surface area contributed by atoms with Crippen LogP contribution in [-0.4, -0.2) is 55.9 Å². The number of carboxylic acids is 1. The fourth-order valence-electron chi connectivity index (χ4n) is 1.77. The number of aliphatic carboxylic acids is 1. The summed E-state index contributed by atoms with van der Waals surface area (Å²) >= 11 is 0. The van der Waals surface area contributed by atoms with Gasteiger partial charge in [-0.25, -0.2) is 12.7 Å². The minimum absolute atomic E-state index is 0.0108. The smallest absolute Gasteiger partial charge is 0.307 e. The van der Waals surface area contributed by atoms with Crippen molar-refractivity contribution < 1.29 is 23.1 Å². The van der Waals surface area contributed by atoms with Gasteiger partial charge < -0.3 is 9.84 Å². The van der Waals surface area contributed by atoms with Crippen molar-refractivity contribution in [2.45, 2.75) is 24.5 Å². The van der Waals surface area contributed by atoms with Crippen molar-refractivity contribution in [1.82, 2.24) is 4.31 Å². The van der Waals surface area contributed by atoms with Gasteiger partial charge in [-0.2, -0.15) is 0 Å². The number of rotatable bonds is 7. The highest BCUT2D eigenvalue weighted by atomic mass is 32.2. The molecule has 0 aromatic rings. The van der Waals surface area contributed by atoms with Crippen molar-refractivity contribution in [3.63, 3.8) is 0 Å². The molecule has 1 atom stereocenters. The molecule has 0 aliphatic heterocycles. The van der Waals surface area contributed by atoms with Gasteiger partial charge in [0.05, 0.1) is 12.5 Å². The highest BCUT2D eigenvalue weighted by Gasteiger charge is 2.56. The molecule has 0 amide bonds. The minimum Gasteiger partial charge on any atom is -0.481 e. The molecule has 1 aliphatic rings. The largest absolute Gasteiger partial charge is 0.481 e. The highest BCUT2D eigenvalue weighted by molar-refractivity contribution is 7.90. The van der Waals surface area contributed by atoms with Gasteiger partial charge in [0.1, 0.15) is 4.75 Å². The monoisotopic (exact) mass is 265 g/mol. The summed E-state index contributed by atoms with van der Waals surface area (Å²) in [6.45, 7) is 1.65. The number of sulfonamides is 1. The fraction of sp³-hybridized carbons (Fsp3) is 0.900. The zero-order valence-corrected chi connectivity index (χ0v) is 11.2. The first kappa shape index (κ1) is 14.4. The molecule has 0 bridgehead atoms. The Labute approximate surface area is 102 Å². The summed E-state index contributed by atoms with van der Waals surface area (Å²) in [5.74, 6) is -1.71. The van der Waals surface area contributed by atoms with Crippen molar-refractivity contribution in [2.75, 3.05) is 27.3 Å². The maximum Gasteiger partial charge on any atom is 0.307 e. The minimum atomic E-state index is -3.47. The molecule has 6 nitrogen and oxygen atoms in total. The Balaban J connectivity index is 2.74. The summed E-state index contributed by atoms with van der Waals surface area (Å²) in [5, 5.41) is 8.77. The van der Waals surface area contributed by atoms with Gasteiger partial charge in [0.15, 0.2) is 0 Å². The van der Waals surface area contributed by atoms with E-state index in [0.29, 0.717) is 12.8 Å². The Hall–Kier alpha value is -0.660. The molecule has 0 aromatic carbocycles. The third kappa shape index (κ3) is 2.78. The Bertz CT molecular complexity index is 388. The van der Waals surface area contributed by atoms with E-state index in [-0.39, 0.29) is 13.2 Å². The summed E-state index contributed by atoms with van der Waals surface area (Å²) in [6, 6.07) is 0. The van der Waals surface area contributed by atoms with Crippen molar-refractivity contribution in [2.24, 2.45) is 5.92 Å². The van der Waals surface area contributed by atoms with Crippen molar-refractivity contribution in [1.29, 1.82) is 0 Å². The van der Waals surface area contributed by atoms with E-state index in [0.717, 1.165) is 4.31 Å². The van der Waals surface area contributed by atoms with Gasteiger partial charge in [-0.05, 0) is 12.8 Å². The second-order valence-electron chi connectivity index (χ2n) is 4.64. The molecule has 100 valence electrons. The Morgan fingerprint density at radius 2 is 2.06 bits per heavy atom. The second-order valence-corrected chi connectivity index (χ2v) is 7.08. The van der Waals surface area contributed by atoms with Gasteiger partial charge in [-0.1, -0.05) is 6.92 Å². The van der Waals surface area contributed by atoms with Crippen LogP contribution in [0.1, 0.15) is 19.8 Å². The van der Waals surface area contributed by atoms with Gasteiger partial charge in [0.2, 0.25) is 10.0 Å². The molecule has 0 spiro atoms. The predicted octanol–water partition coefficient (Wildman–Crippen LogP) is 0.148. The Kier molecular flexibility index (Phi) is 4.16. The molecule has 1 fully saturated rings. The maximum atomic E-state index is 12.2. The average Bonchev–Trinajstić information content (AvgIpc) is 2.99. The van der Waals surface area contributed by atoms with E-state index in [1.54, 1.807) is 0 Å². The SMILES string of the molecule is COCC1(S(=O)(=O)N(C)CC(C)C(=O)O)CC1. The summed E-state index contributed by atoms with van der Waals surface area (Å²) in [5.41, 5.74) is 0. The van der Waals surface area contributed by atoms with Gasteiger partial charge in [0.25, 0.3) is 0 Å². The van der Waals surface area contributed by atoms with Gasteiger partial charge in [0, 0.05) is 20.7 Å². The van der Waals surface area contributed by atoms with Gasteiger partial charge in [-0.15, -0.1) is 0 Å². The topological polar surface area (TPSA) is 83.9 Å². The van der Waals surface area contributed by atoms with E-state index in [4.69, 9.17) is 9.84 Å². The second kappa shape index (κ2) is 4.91. The number of ether oxygens (including phenoxy) is 1. The predicted molar refractivity (Wildman–Crippen MR) is 62.2 cm³/mol. The Morgan fingerprint density at radius 3 is 2.41 bits per heavy atom. The zero-order valence-electron chi connectivity index (χ0n) is 10.3. The quantitative estimate of drug-likeness (QED) is 0.708. The van der Waals surface area contributed by atoms with E-state index < -0.39 is 26.7 Å². The summed E-state index contributed by atoms with van der Waals surface area (Å²) in [6.07, 6.45) is 1.16. The number of carbonyl (C=O) groups is 1. The molecular formula is C10H19NO5S. The standard InChI is InChI=1S/C10H19NO5S/c1-8(9(12)13)6-11(2)17(14,15)10(4-5-10)7-16-3/h8H,4-7H2,1-3H3,(H,12,13). The maximum absolute atomic E-state index is 12.2. The first-order valence-corrected chi connectivity index (χ1v) is 6.88. The van der Waals surface area contributed by atoms with Crippen LogP contribution in [0.5, 0.6) is 0 Å². The molecule has 1 N–H and O–H groups in total. The lowest BCUT2D eigenvalue weighted by atomic mass is 10.2. The molecule has 1 aliphatic carbocycles.